The molecule has 2 rings (SSSR count). The van der Waals surface area contributed by atoms with Gasteiger partial charge >= 0.3 is 11.9 Å². The minimum Gasteiger partial charge on any atom is -0.462 e. The van der Waals surface area contributed by atoms with Crippen LogP contribution in [0.5, 0.6) is 0 Å². The molecule has 0 bridgehead atoms. The normalized spacial score (nSPS) is 12.2. The minimum atomic E-state index is -0.455. The first-order valence-electron chi connectivity index (χ1n) is 9.85. The number of hydrogen-bond donors (Lipinski definition) is 0. The lowest BCUT2D eigenvalue weighted by atomic mass is 10.1. The Morgan fingerprint density at radius 2 is 1.46 bits per heavy atom. The van der Waals surface area contributed by atoms with Crippen LogP contribution in [0.4, 0.5) is 0 Å². The Balaban J connectivity index is 2.27. The van der Waals surface area contributed by atoms with E-state index in [1.54, 1.807) is 19.1 Å². The fourth-order valence-electron chi connectivity index (χ4n) is 3.25. The van der Waals surface area contributed by atoms with Crippen LogP contribution in [0.3, 0.4) is 0 Å². The van der Waals surface area contributed by atoms with Crippen molar-refractivity contribution >= 4 is 11.9 Å². The van der Waals surface area contributed by atoms with Crippen molar-refractivity contribution in [1.82, 2.24) is 0 Å². The van der Waals surface area contributed by atoms with E-state index < -0.39 is 6.10 Å². The summed E-state index contributed by atoms with van der Waals surface area (Å²) in [6.45, 7) is 8.49. The van der Waals surface area contributed by atoms with Crippen LogP contribution in [0.2, 0.25) is 0 Å². The summed E-state index contributed by atoms with van der Waals surface area (Å²) in [6.07, 6.45) is -0.455. The second kappa shape index (κ2) is 10.6. The molecule has 0 radical (unpaired) electrons. The predicted octanol–water partition coefficient (Wildman–Crippen LogP) is 4.00. The maximum absolute atomic E-state index is 12.7. The Hall–Kier alpha value is -2.66. The predicted molar refractivity (Wildman–Crippen MR) is 109 cm³/mol. The molecule has 28 heavy (non-hydrogen) atoms. The van der Waals surface area contributed by atoms with E-state index >= 15 is 0 Å². The van der Waals surface area contributed by atoms with Crippen LogP contribution >= 0.6 is 0 Å². The van der Waals surface area contributed by atoms with Gasteiger partial charge in [-0.05, 0) is 38.5 Å². The number of likely N-dealkylation sites (N-methyl/N-ethyl adjacent to an activating group) is 1. The van der Waals surface area contributed by atoms with Gasteiger partial charge in [0.25, 0.3) is 0 Å². The zero-order chi connectivity index (χ0) is 20.4. The standard InChI is InChI=1S/C23H30NO4/c1-4-24(5-2,18-22(25)27-6-3)17-21(19-13-9-7-10-14-19)28-23(26)20-15-11-8-12-16-20/h7-16,21H,4-6,17-18H2,1-3H3/q+1. The third-order valence-electron chi connectivity index (χ3n) is 5.09. The summed E-state index contributed by atoms with van der Waals surface area (Å²) < 4.78 is 11.6. The lowest BCUT2D eigenvalue weighted by molar-refractivity contribution is -0.921. The van der Waals surface area contributed by atoms with Crippen LogP contribution in [0.1, 0.15) is 42.8 Å². The number of quaternary nitrogens is 1. The molecule has 0 aliphatic rings. The number of benzene rings is 2. The average molecular weight is 384 g/mol. The molecule has 150 valence electrons. The second-order valence-electron chi connectivity index (χ2n) is 6.79. The molecule has 0 saturated heterocycles. The molecule has 0 spiro atoms. The van der Waals surface area contributed by atoms with E-state index in [0.717, 1.165) is 18.7 Å². The quantitative estimate of drug-likeness (QED) is 0.459. The summed E-state index contributed by atoms with van der Waals surface area (Å²) >= 11 is 0. The molecular formula is C23H30NO4+. The maximum Gasteiger partial charge on any atom is 0.361 e. The summed E-state index contributed by atoms with van der Waals surface area (Å²) in [5.74, 6) is -0.594. The van der Waals surface area contributed by atoms with E-state index in [2.05, 4.69) is 0 Å². The number of esters is 2. The molecule has 0 aliphatic carbocycles. The molecular weight excluding hydrogens is 354 g/mol. The first-order chi connectivity index (χ1) is 13.5. The summed E-state index contributed by atoms with van der Waals surface area (Å²) in [6, 6.07) is 18.7. The van der Waals surface area contributed by atoms with Crippen molar-refractivity contribution in [3.05, 3.63) is 71.8 Å². The molecule has 1 unspecified atom stereocenters. The van der Waals surface area contributed by atoms with E-state index in [4.69, 9.17) is 9.47 Å². The molecule has 0 amide bonds. The number of ether oxygens (including phenoxy) is 2. The first kappa shape index (κ1) is 21.6. The Bertz CT molecular complexity index is 742. The summed E-state index contributed by atoms with van der Waals surface area (Å²) in [7, 11) is 0. The number of rotatable bonds is 10. The fourth-order valence-corrected chi connectivity index (χ4v) is 3.25. The Labute approximate surface area is 167 Å². The highest BCUT2D eigenvalue weighted by molar-refractivity contribution is 5.89. The molecule has 2 aromatic rings. The van der Waals surface area contributed by atoms with Gasteiger partial charge < -0.3 is 14.0 Å². The number of hydrogen-bond acceptors (Lipinski definition) is 4. The van der Waals surface area contributed by atoms with Crippen molar-refractivity contribution in [3.8, 4) is 0 Å². The van der Waals surface area contributed by atoms with E-state index in [-0.39, 0.29) is 18.5 Å². The number of carbonyl (C=O) groups excluding carboxylic acids is 2. The topological polar surface area (TPSA) is 52.6 Å². The molecule has 0 aromatic heterocycles. The number of carbonyl (C=O) groups is 2. The van der Waals surface area contributed by atoms with Gasteiger partial charge in [0.15, 0.2) is 12.6 Å². The van der Waals surface area contributed by atoms with Crippen molar-refractivity contribution in [2.24, 2.45) is 0 Å². The summed E-state index contributed by atoms with van der Waals surface area (Å²) in [5.41, 5.74) is 1.43. The van der Waals surface area contributed by atoms with Crippen LogP contribution in [-0.4, -0.2) is 49.2 Å². The molecule has 0 fully saturated rings. The third-order valence-corrected chi connectivity index (χ3v) is 5.09. The van der Waals surface area contributed by atoms with Crippen molar-refractivity contribution in [1.29, 1.82) is 0 Å². The van der Waals surface area contributed by atoms with Gasteiger partial charge in [-0.3, -0.25) is 0 Å². The van der Waals surface area contributed by atoms with E-state index in [0.29, 0.717) is 23.2 Å². The number of nitrogens with zero attached hydrogens (tertiary/aromatic N) is 1. The monoisotopic (exact) mass is 384 g/mol. The molecule has 0 saturated carbocycles. The van der Waals surface area contributed by atoms with Crippen LogP contribution in [0.25, 0.3) is 0 Å². The first-order valence-corrected chi connectivity index (χ1v) is 9.85. The molecule has 5 nitrogen and oxygen atoms in total. The Morgan fingerprint density at radius 3 is 2.00 bits per heavy atom. The average Bonchev–Trinajstić information content (AvgIpc) is 2.74. The maximum atomic E-state index is 12.7. The van der Waals surface area contributed by atoms with Crippen molar-refractivity contribution in [2.45, 2.75) is 26.9 Å². The van der Waals surface area contributed by atoms with Gasteiger partial charge in [0.1, 0.15) is 6.54 Å². The fraction of sp³-hybridized carbons (Fsp3) is 0.391. The van der Waals surface area contributed by atoms with Crippen molar-refractivity contribution in [2.75, 3.05) is 32.8 Å². The van der Waals surface area contributed by atoms with Crippen LogP contribution in [0.15, 0.2) is 60.7 Å². The summed E-state index contributed by atoms with van der Waals surface area (Å²) in [5, 5.41) is 0. The smallest absolute Gasteiger partial charge is 0.361 e. The molecule has 2 aromatic carbocycles. The third kappa shape index (κ3) is 5.92. The zero-order valence-corrected chi connectivity index (χ0v) is 17.0. The van der Waals surface area contributed by atoms with E-state index in [1.165, 1.54) is 0 Å². The molecule has 1 atom stereocenters. The molecule has 0 N–H and O–H groups in total. The van der Waals surface area contributed by atoms with Crippen LogP contribution in [0, 0.1) is 0 Å². The Kier molecular flexibility index (Phi) is 8.20. The van der Waals surface area contributed by atoms with Gasteiger partial charge in [0.2, 0.25) is 0 Å². The van der Waals surface area contributed by atoms with E-state index in [9.17, 15) is 9.59 Å². The van der Waals surface area contributed by atoms with Crippen molar-refractivity contribution in [3.63, 3.8) is 0 Å². The molecule has 0 aliphatic heterocycles. The highest BCUT2D eigenvalue weighted by Crippen LogP contribution is 2.24. The van der Waals surface area contributed by atoms with Crippen LogP contribution in [-0.2, 0) is 14.3 Å². The van der Waals surface area contributed by atoms with Gasteiger partial charge in [-0.2, -0.15) is 0 Å². The lowest BCUT2D eigenvalue weighted by Gasteiger charge is -2.38. The van der Waals surface area contributed by atoms with Gasteiger partial charge in [-0.1, -0.05) is 48.5 Å². The molecule has 0 heterocycles. The van der Waals surface area contributed by atoms with Crippen LogP contribution < -0.4 is 0 Å². The van der Waals surface area contributed by atoms with Crippen molar-refractivity contribution < 1.29 is 23.5 Å². The molecule has 5 heteroatoms. The Morgan fingerprint density at radius 1 is 0.893 bits per heavy atom. The zero-order valence-electron chi connectivity index (χ0n) is 17.0. The van der Waals surface area contributed by atoms with E-state index in [1.807, 2.05) is 62.4 Å². The highest BCUT2D eigenvalue weighted by Gasteiger charge is 2.34. The highest BCUT2D eigenvalue weighted by atomic mass is 16.5. The minimum absolute atomic E-state index is 0.229. The lowest BCUT2D eigenvalue weighted by Crippen LogP contribution is -2.53. The van der Waals surface area contributed by atoms with Gasteiger partial charge in [0.05, 0.1) is 25.3 Å². The second-order valence-corrected chi connectivity index (χ2v) is 6.79. The summed E-state index contributed by atoms with van der Waals surface area (Å²) in [4.78, 5) is 24.9. The van der Waals surface area contributed by atoms with Gasteiger partial charge in [0, 0.05) is 0 Å². The van der Waals surface area contributed by atoms with Gasteiger partial charge in [-0.25, -0.2) is 9.59 Å². The largest absolute Gasteiger partial charge is 0.462 e. The van der Waals surface area contributed by atoms with Gasteiger partial charge in [-0.15, -0.1) is 0 Å². The SMILES string of the molecule is CCOC(=O)C[N+](CC)(CC)CC(OC(=O)c1ccccc1)c1ccccc1.